The Balaban J connectivity index is 0.000000118. The minimum absolute atomic E-state index is 0.758. The molecule has 34 heavy (non-hydrogen) atoms. The summed E-state index contributed by atoms with van der Waals surface area (Å²) in [6.45, 7) is 3.04. The highest BCUT2D eigenvalue weighted by Crippen LogP contribution is 2.32. The number of hydrogen-bond donors (Lipinski definition) is 0. The smallest absolute Gasteiger partial charge is 0.0725 e. The summed E-state index contributed by atoms with van der Waals surface area (Å²) in [7, 11) is 0. The molecule has 8 rings (SSSR count). The Morgan fingerprint density at radius 3 is 1.21 bits per heavy atom. The molecule has 0 aromatic heterocycles. The number of benzene rings is 6. The lowest BCUT2D eigenvalue weighted by atomic mass is 9.98. The molecule has 0 radical (unpaired) electrons. The zero-order chi connectivity index (χ0) is 22.5. The van der Waals surface area contributed by atoms with Crippen LogP contribution >= 0.6 is 0 Å². The molecular formula is C32H24O2. The normalized spacial score (nSPS) is 14.4. The van der Waals surface area contributed by atoms with Crippen LogP contribution in [0.15, 0.2) is 97.1 Å². The van der Waals surface area contributed by atoms with E-state index in [1.54, 1.807) is 0 Å². The highest BCUT2D eigenvalue weighted by molar-refractivity contribution is 6.08. The zero-order valence-corrected chi connectivity index (χ0v) is 18.9. The van der Waals surface area contributed by atoms with Crippen LogP contribution in [0.5, 0.6) is 0 Å². The summed E-state index contributed by atoms with van der Waals surface area (Å²) in [4.78, 5) is 0. The molecule has 2 aliphatic rings. The second-order valence-corrected chi connectivity index (χ2v) is 9.24. The molecular weight excluding hydrogens is 416 g/mol. The van der Waals surface area contributed by atoms with Gasteiger partial charge in [-0.25, -0.2) is 0 Å². The molecule has 6 aromatic rings. The fourth-order valence-corrected chi connectivity index (χ4v) is 5.37. The van der Waals surface area contributed by atoms with Gasteiger partial charge in [0, 0.05) is 0 Å². The summed E-state index contributed by atoms with van der Waals surface area (Å²) >= 11 is 0. The lowest BCUT2D eigenvalue weighted by molar-refractivity contribution is 0.134. The Bertz CT molecular complexity index is 1590. The highest BCUT2D eigenvalue weighted by Gasteiger charge is 2.14. The number of fused-ring (bicyclic) bond motifs is 8. The van der Waals surface area contributed by atoms with Gasteiger partial charge >= 0.3 is 0 Å². The summed E-state index contributed by atoms with van der Waals surface area (Å²) in [6, 6.07) is 35.0. The molecule has 0 amide bonds. The van der Waals surface area contributed by atoms with Gasteiger partial charge in [-0.05, 0) is 89.6 Å². The molecule has 0 N–H and O–H groups in total. The molecule has 2 aliphatic heterocycles. The largest absolute Gasteiger partial charge is 0.372 e. The van der Waals surface area contributed by atoms with Crippen molar-refractivity contribution in [2.75, 3.05) is 0 Å². The molecule has 164 valence electrons. The van der Waals surface area contributed by atoms with Gasteiger partial charge in [0.05, 0.1) is 26.4 Å². The highest BCUT2D eigenvalue weighted by atomic mass is 16.5. The first-order valence-corrected chi connectivity index (χ1v) is 11.9. The number of ether oxygens (including phenoxy) is 2. The lowest BCUT2D eigenvalue weighted by Gasteiger charge is -2.06. The summed E-state index contributed by atoms with van der Waals surface area (Å²) in [6.07, 6.45) is 0. The van der Waals surface area contributed by atoms with E-state index in [4.69, 9.17) is 9.47 Å². The quantitative estimate of drug-likeness (QED) is 0.223. The van der Waals surface area contributed by atoms with Gasteiger partial charge in [0.1, 0.15) is 0 Å². The van der Waals surface area contributed by atoms with Crippen LogP contribution in [0, 0.1) is 0 Å². The van der Waals surface area contributed by atoms with Crippen molar-refractivity contribution in [3.05, 3.63) is 119 Å². The Morgan fingerprint density at radius 2 is 0.735 bits per heavy atom. The van der Waals surface area contributed by atoms with Crippen LogP contribution < -0.4 is 0 Å². The van der Waals surface area contributed by atoms with Crippen LogP contribution in [0.25, 0.3) is 43.1 Å². The van der Waals surface area contributed by atoms with Gasteiger partial charge in [0.25, 0.3) is 0 Å². The fourth-order valence-electron chi connectivity index (χ4n) is 5.37. The Kier molecular flexibility index (Phi) is 4.61. The van der Waals surface area contributed by atoms with Crippen molar-refractivity contribution in [2.45, 2.75) is 26.4 Å². The van der Waals surface area contributed by atoms with Crippen LogP contribution in [-0.2, 0) is 35.9 Å². The van der Waals surface area contributed by atoms with E-state index in [1.807, 2.05) is 0 Å². The SMILES string of the molecule is c1ccc2c(c1)ccc1cc3c(cc12)COC3.c1ccc2c(c1)ccc1cc3c(cc12)COC3. The van der Waals surface area contributed by atoms with Gasteiger partial charge in [-0.3, -0.25) is 0 Å². The number of hydrogen-bond acceptors (Lipinski definition) is 2. The first kappa shape index (κ1) is 19.7. The first-order chi connectivity index (χ1) is 16.8. The molecule has 0 aliphatic carbocycles. The van der Waals surface area contributed by atoms with Gasteiger partial charge in [-0.2, -0.15) is 0 Å². The first-order valence-electron chi connectivity index (χ1n) is 11.9. The van der Waals surface area contributed by atoms with E-state index in [0.717, 1.165) is 26.4 Å². The van der Waals surface area contributed by atoms with Crippen LogP contribution in [0.1, 0.15) is 22.3 Å². The average molecular weight is 441 g/mol. The molecule has 0 saturated heterocycles. The van der Waals surface area contributed by atoms with Gasteiger partial charge < -0.3 is 9.47 Å². The van der Waals surface area contributed by atoms with Crippen molar-refractivity contribution in [3.8, 4) is 0 Å². The maximum Gasteiger partial charge on any atom is 0.0725 e. The van der Waals surface area contributed by atoms with Crippen molar-refractivity contribution in [2.24, 2.45) is 0 Å². The molecule has 2 nitrogen and oxygen atoms in total. The second-order valence-electron chi connectivity index (χ2n) is 9.24. The van der Waals surface area contributed by atoms with Crippen LogP contribution in [0.2, 0.25) is 0 Å². The van der Waals surface area contributed by atoms with E-state index in [2.05, 4.69) is 97.1 Å². The lowest BCUT2D eigenvalue weighted by Crippen LogP contribution is -1.84. The van der Waals surface area contributed by atoms with E-state index >= 15 is 0 Å². The van der Waals surface area contributed by atoms with Gasteiger partial charge in [-0.15, -0.1) is 0 Å². The van der Waals surface area contributed by atoms with Gasteiger partial charge in [0.2, 0.25) is 0 Å². The molecule has 6 aromatic carbocycles. The van der Waals surface area contributed by atoms with Crippen molar-refractivity contribution >= 4 is 43.1 Å². The van der Waals surface area contributed by atoms with Gasteiger partial charge in [-0.1, -0.05) is 72.8 Å². The van der Waals surface area contributed by atoms with Crippen LogP contribution in [0.4, 0.5) is 0 Å². The van der Waals surface area contributed by atoms with E-state index < -0.39 is 0 Å². The third-order valence-electron chi connectivity index (χ3n) is 7.16. The molecule has 0 saturated carbocycles. The monoisotopic (exact) mass is 440 g/mol. The van der Waals surface area contributed by atoms with E-state index in [-0.39, 0.29) is 0 Å². The molecule has 0 bridgehead atoms. The Labute approximate surface area is 198 Å². The summed E-state index contributed by atoms with van der Waals surface area (Å²) in [5.41, 5.74) is 5.36. The predicted molar refractivity (Wildman–Crippen MR) is 140 cm³/mol. The third-order valence-corrected chi connectivity index (χ3v) is 7.16. The third kappa shape index (κ3) is 3.27. The topological polar surface area (TPSA) is 18.5 Å². The summed E-state index contributed by atoms with van der Waals surface area (Å²) in [5, 5.41) is 10.6. The Hall–Kier alpha value is -3.72. The molecule has 0 spiro atoms. The molecule has 0 unspecified atom stereocenters. The molecule has 2 heterocycles. The maximum atomic E-state index is 5.50. The standard InChI is InChI=1S/2C16H12O/c2*1-2-4-15-11(3-1)5-6-12-7-13-9-17-10-14(13)8-16(12)15/h2*1-8H,9-10H2. The Morgan fingerprint density at radius 1 is 0.353 bits per heavy atom. The van der Waals surface area contributed by atoms with Crippen molar-refractivity contribution in [1.82, 2.24) is 0 Å². The van der Waals surface area contributed by atoms with Crippen LogP contribution in [-0.4, -0.2) is 0 Å². The minimum atomic E-state index is 0.758. The average Bonchev–Trinajstić information content (AvgIpc) is 3.55. The fraction of sp³-hybridized carbons (Fsp3) is 0.125. The van der Waals surface area contributed by atoms with Gasteiger partial charge in [0.15, 0.2) is 0 Å². The maximum absolute atomic E-state index is 5.50. The molecule has 2 heteroatoms. The van der Waals surface area contributed by atoms with E-state index in [9.17, 15) is 0 Å². The number of rotatable bonds is 0. The van der Waals surface area contributed by atoms with Crippen molar-refractivity contribution < 1.29 is 9.47 Å². The summed E-state index contributed by atoms with van der Waals surface area (Å²) < 4.78 is 11.0. The van der Waals surface area contributed by atoms with Crippen LogP contribution in [0.3, 0.4) is 0 Å². The van der Waals surface area contributed by atoms with E-state index in [1.165, 1.54) is 65.3 Å². The van der Waals surface area contributed by atoms with Crippen molar-refractivity contribution in [1.29, 1.82) is 0 Å². The zero-order valence-electron chi connectivity index (χ0n) is 18.9. The second kappa shape index (κ2) is 7.95. The summed E-state index contributed by atoms with van der Waals surface area (Å²) in [5.74, 6) is 0. The molecule has 0 atom stereocenters. The minimum Gasteiger partial charge on any atom is -0.372 e. The molecule has 0 fully saturated rings. The predicted octanol–water partition coefficient (Wildman–Crippen LogP) is 8.05. The van der Waals surface area contributed by atoms with E-state index in [0.29, 0.717) is 0 Å². The van der Waals surface area contributed by atoms with Crippen molar-refractivity contribution in [3.63, 3.8) is 0 Å².